The van der Waals surface area contributed by atoms with Crippen molar-refractivity contribution in [1.29, 1.82) is 0 Å². The Morgan fingerprint density at radius 3 is 2.59 bits per heavy atom. The molecule has 1 aliphatic rings. The average molecular weight is 481 g/mol. The van der Waals surface area contributed by atoms with Crippen molar-refractivity contribution in [1.82, 2.24) is 10.6 Å². The summed E-state index contributed by atoms with van der Waals surface area (Å²) >= 11 is 0. The SMILES string of the molecule is CCOCc1ccccc1CNC(=NC)NCC1Cc2ccccc2O1.I. The predicted molar refractivity (Wildman–Crippen MR) is 120 cm³/mol. The molecule has 0 saturated carbocycles. The maximum atomic E-state index is 5.97. The third kappa shape index (κ3) is 6.10. The highest BCUT2D eigenvalue weighted by Crippen LogP contribution is 2.27. The van der Waals surface area contributed by atoms with Gasteiger partial charge in [0.05, 0.1) is 13.2 Å². The molecule has 27 heavy (non-hydrogen) atoms. The lowest BCUT2D eigenvalue weighted by atomic mass is 10.1. The molecule has 0 saturated heterocycles. The maximum Gasteiger partial charge on any atom is 0.191 e. The molecule has 1 unspecified atom stereocenters. The van der Waals surface area contributed by atoms with Crippen molar-refractivity contribution < 1.29 is 9.47 Å². The largest absolute Gasteiger partial charge is 0.488 e. The molecule has 0 fully saturated rings. The monoisotopic (exact) mass is 481 g/mol. The average Bonchev–Trinajstić information content (AvgIpc) is 3.10. The number of ether oxygens (including phenoxy) is 2. The summed E-state index contributed by atoms with van der Waals surface area (Å²) in [6.07, 6.45) is 1.06. The summed E-state index contributed by atoms with van der Waals surface area (Å²) in [5.74, 6) is 1.77. The van der Waals surface area contributed by atoms with E-state index >= 15 is 0 Å². The van der Waals surface area contributed by atoms with E-state index in [1.54, 1.807) is 7.05 Å². The molecule has 0 aliphatic carbocycles. The second-order valence-electron chi connectivity index (χ2n) is 6.26. The summed E-state index contributed by atoms with van der Waals surface area (Å²) in [6.45, 7) is 4.78. The Morgan fingerprint density at radius 2 is 1.85 bits per heavy atom. The summed E-state index contributed by atoms with van der Waals surface area (Å²) in [5.41, 5.74) is 3.69. The Bertz CT molecular complexity index is 727. The fraction of sp³-hybridized carbons (Fsp3) is 0.381. The van der Waals surface area contributed by atoms with E-state index in [0.717, 1.165) is 31.3 Å². The van der Waals surface area contributed by atoms with Gasteiger partial charge in [-0.05, 0) is 29.7 Å². The van der Waals surface area contributed by atoms with Gasteiger partial charge in [-0.2, -0.15) is 0 Å². The molecule has 1 aliphatic heterocycles. The summed E-state index contributed by atoms with van der Waals surface area (Å²) in [5, 5.41) is 6.74. The van der Waals surface area contributed by atoms with Crippen molar-refractivity contribution >= 4 is 29.9 Å². The zero-order valence-corrected chi connectivity index (χ0v) is 18.2. The highest BCUT2D eigenvalue weighted by Gasteiger charge is 2.22. The topological polar surface area (TPSA) is 54.9 Å². The van der Waals surface area contributed by atoms with E-state index in [9.17, 15) is 0 Å². The van der Waals surface area contributed by atoms with E-state index < -0.39 is 0 Å². The molecular weight excluding hydrogens is 453 g/mol. The Balaban J connectivity index is 0.00000261. The van der Waals surface area contributed by atoms with Gasteiger partial charge in [-0.15, -0.1) is 24.0 Å². The number of halogens is 1. The predicted octanol–water partition coefficient (Wildman–Crippen LogP) is 3.51. The number of fused-ring (bicyclic) bond motifs is 1. The molecule has 0 spiro atoms. The second kappa shape index (κ2) is 11.1. The molecule has 3 rings (SSSR count). The van der Waals surface area contributed by atoms with Gasteiger partial charge in [0.25, 0.3) is 0 Å². The van der Waals surface area contributed by atoms with Gasteiger partial charge in [-0.3, -0.25) is 4.99 Å². The Hall–Kier alpha value is -1.80. The number of aliphatic imine (C=N–C) groups is 1. The number of nitrogens with one attached hydrogen (secondary N) is 2. The van der Waals surface area contributed by atoms with Crippen LogP contribution in [-0.2, 0) is 24.3 Å². The van der Waals surface area contributed by atoms with Crippen molar-refractivity contribution in [2.45, 2.75) is 32.6 Å². The van der Waals surface area contributed by atoms with Crippen LogP contribution in [0.15, 0.2) is 53.5 Å². The normalized spacial score (nSPS) is 15.5. The van der Waals surface area contributed by atoms with Crippen LogP contribution in [0.4, 0.5) is 0 Å². The van der Waals surface area contributed by atoms with Crippen LogP contribution in [0.2, 0.25) is 0 Å². The van der Waals surface area contributed by atoms with Gasteiger partial charge < -0.3 is 20.1 Å². The number of nitrogens with zero attached hydrogens (tertiary/aromatic N) is 1. The van der Waals surface area contributed by atoms with Crippen LogP contribution in [0.25, 0.3) is 0 Å². The van der Waals surface area contributed by atoms with Crippen molar-refractivity contribution in [3.05, 3.63) is 65.2 Å². The quantitative estimate of drug-likeness (QED) is 0.361. The first-order valence-electron chi connectivity index (χ1n) is 9.13. The molecule has 0 aromatic heterocycles. The first-order valence-corrected chi connectivity index (χ1v) is 9.13. The van der Waals surface area contributed by atoms with Crippen LogP contribution < -0.4 is 15.4 Å². The van der Waals surface area contributed by atoms with Gasteiger partial charge in [-0.25, -0.2) is 0 Å². The number of hydrogen-bond donors (Lipinski definition) is 2. The molecule has 2 aromatic carbocycles. The van der Waals surface area contributed by atoms with Crippen molar-refractivity contribution in [2.24, 2.45) is 4.99 Å². The number of rotatable bonds is 7. The van der Waals surface area contributed by atoms with Gasteiger partial charge in [0, 0.05) is 26.6 Å². The minimum atomic E-state index is 0. The molecule has 6 heteroatoms. The first-order chi connectivity index (χ1) is 12.8. The van der Waals surface area contributed by atoms with E-state index in [0.29, 0.717) is 13.2 Å². The highest BCUT2D eigenvalue weighted by molar-refractivity contribution is 14.0. The molecule has 2 N–H and O–H groups in total. The number of benzene rings is 2. The van der Waals surface area contributed by atoms with Gasteiger partial charge >= 0.3 is 0 Å². The van der Waals surface area contributed by atoms with E-state index in [4.69, 9.17) is 9.47 Å². The number of guanidine groups is 1. The minimum Gasteiger partial charge on any atom is -0.488 e. The molecule has 1 heterocycles. The Labute approximate surface area is 178 Å². The smallest absolute Gasteiger partial charge is 0.191 e. The van der Waals surface area contributed by atoms with Gasteiger partial charge in [0.1, 0.15) is 11.9 Å². The summed E-state index contributed by atoms with van der Waals surface area (Å²) in [4.78, 5) is 4.31. The number of hydrogen-bond acceptors (Lipinski definition) is 3. The van der Waals surface area contributed by atoms with Gasteiger partial charge in [-0.1, -0.05) is 42.5 Å². The van der Waals surface area contributed by atoms with Crippen molar-refractivity contribution in [3.8, 4) is 5.75 Å². The Morgan fingerprint density at radius 1 is 1.11 bits per heavy atom. The molecule has 2 aromatic rings. The van der Waals surface area contributed by atoms with Crippen LogP contribution in [0.5, 0.6) is 5.75 Å². The zero-order chi connectivity index (χ0) is 18.2. The molecule has 5 nitrogen and oxygen atoms in total. The maximum absolute atomic E-state index is 5.97. The molecule has 0 amide bonds. The van der Waals surface area contributed by atoms with E-state index in [1.165, 1.54) is 16.7 Å². The molecule has 146 valence electrons. The van der Waals surface area contributed by atoms with Crippen molar-refractivity contribution in [2.75, 3.05) is 20.2 Å². The lowest BCUT2D eigenvalue weighted by Crippen LogP contribution is -2.42. The fourth-order valence-electron chi connectivity index (χ4n) is 3.06. The summed E-state index contributed by atoms with van der Waals surface area (Å²) in [7, 11) is 1.78. The van der Waals surface area contributed by atoms with E-state index in [1.807, 2.05) is 31.2 Å². The van der Waals surface area contributed by atoms with Crippen LogP contribution in [0.3, 0.4) is 0 Å². The third-order valence-electron chi connectivity index (χ3n) is 4.46. The number of para-hydroxylation sites is 1. The fourth-order valence-corrected chi connectivity index (χ4v) is 3.06. The van der Waals surface area contributed by atoms with E-state index in [-0.39, 0.29) is 30.1 Å². The van der Waals surface area contributed by atoms with Crippen LogP contribution in [0, 0.1) is 0 Å². The van der Waals surface area contributed by atoms with Crippen LogP contribution in [0.1, 0.15) is 23.6 Å². The van der Waals surface area contributed by atoms with Crippen LogP contribution in [-0.4, -0.2) is 32.3 Å². The van der Waals surface area contributed by atoms with E-state index in [2.05, 4.69) is 39.9 Å². The molecule has 0 bridgehead atoms. The van der Waals surface area contributed by atoms with Crippen molar-refractivity contribution in [3.63, 3.8) is 0 Å². The van der Waals surface area contributed by atoms with Gasteiger partial charge in [0.15, 0.2) is 5.96 Å². The second-order valence-corrected chi connectivity index (χ2v) is 6.26. The lowest BCUT2D eigenvalue weighted by Gasteiger charge is -2.16. The van der Waals surface area contributed by atoms with Crippen LogP contribution >= 0.6 is 24.0 Å². The molecular formula is C21H28IN3O2. The van der Waals surface area contributed by atoms with Gasteiger partial charge in [0.2, 0.25) is 0 Å². The molecule has 0 radical (unpaired) electrons. The Kier molecular flexibility index (Phi) is 8.87. The lowest BCUT2D eigenvalue weighted by molar-refractivity contribution is 0.133. The zero-order valence-electron chi connectivity index (χ0n) is 15.9. The molecule has 1 atom stereocenters. The first kappa shape index (κ1) is 21.5. The minimum absolute atomic E-state index is 0. The highest BCUT2D eigenvalue weighted by atomic mass is 127. The standard InChI is InChI=1S/C21H27N3O2.HI/c1-3-25-15-18-10-5-4-9-17(18)13-23-21(22-2)24-14-19-12-16-8-6-7-11-20(16)26-19;/h4-11,19H,3,12-15H2,1-2H3,(H2,22,23,24);1H. The summed E-state index contributed by atoms with van der Waals surface area (Å²) < 4.78 is 11.5. The third-order valence-corrected chi connectivity index (χ3v) is 4.46. The summed E-state index contributed by atoms with van der Waals surface area (Å²) in [6, 6.07) is 16.5.